The number of halogens is 7. The number of alkyl halides is 6. The maximum atomic E-state index is 14.6. The van der Waals surface area contributed by atoms with Crippen molar-refractivity contribution in [1.29, 1.82) is 0 Å². The molecule has 3 aromatic rings. The lowest BCUT2D eigenvalue weighted by atomic mass is 10.1. The molecule has 1 N–H and O–H groups in total. The predicted octanol–water partition coefficient (Wildman–Crippen LogP) is 4.44. The van der Waals surface area contributed by atoms with E-state index >= 15 is 0 Å². The van der Waals surface area contributed by atoms with Crippen molar-refractivity contribution >= 4 is 15.9 Å². The number of benzene rings is 1. The molecule has 3 unspecified atom stereocenters. The molecule has 40 heavy (non-hydrogen) atoms. The predicted molar refractivity (Wildman–Crippen MR) is 125 cm³/mol. The lowest BCUT2D eigenvalue weighted by molar-refractivity contribution is -0.145. The number of rotatable bonds is 7. The van der Waals surface area contributed by atoms with E-state index in [9.17, 15) is 43.9 Å². The molecule has 214 valence electrons. The second kappa shape index (κ2) is 11.1. The van der Waals surface area contributed by atoms with Gasteiger partial charge in [-0.2, -0.15) is 17.5 Å². The van der Waals surface area contributed by atoms with Crippen LogP contribution < -0.4 is 5.32 Å². The summed E-state index contributed by atoms with van der Waals surface area (Å²) in [6.07, 6.45) is -7.50. The smallest absolute Gasteiger partial charge is 0.351 e. The van der Waals surface area contributed by atoms with Crippen molar-refractivity contribution in [2.75, 3.05) is 0 Å². The van der Waals surface area contributed by atoms with Gasteiger partial charge in [-0.3, -0.25) is 9.78 Å². The zero-order valence-electron chi connectivity index (χ0n) is 20.4. The minimum absolute atomic E-state index is 0.0235. The van der Waals surface area contributed by atoms with Crippen LogP contribution in [0.3, 0.4) is 0 Å². The van der Waals surface area contributed by atoms with Crippen molar-refractivity contribution in [3.8, 4) is 11.1 Å². The van der Waals surface area contributed by atoms with Gasteiger partial charge in [0.15, 0.2) is 0 Å². The van der Waals surface area contributed by atoms with Gasteiger partial charge >= 0.3 is 6.18 Å². The highest BCUT2D eigenvalue weighted by molar-refractivity contribution is 7.89. The molecule has 4 rings (SSSR count). The highest BCUT2D eigenvalue weighted by Gasteiger charge is 2.49. The Morgan fingerprint density at radius 3 is 2.25 bits per heavy atom. The van der Waals surface area contributed by atoms with Crippen LogP contribution in [0.2, 0.25) is 0 Å². The summed E-state index contributed by atoms with van der Waals surface area (Å²) in [4.78, 5) is 22.7. The molecule has 1 amide bonds. The fourth-order valence-corrected chi connectivity index (χ4v) is 6.05. The number of carbonyl (C=O) groups excluding carboxylic acids is 1. The molecular weight excluding hydrogens is 571 g/mol. The fraction of sp³-hybridized carbons (Fsp3) is 0.333. The quantitative estimate of drug-likeness (QED) is 0.408. The first-order chi connectivity index (χ1) is 18.7. The Labute approximate surface area is 223 Å². The number of nitrogens with one attached hydrogen (secondary N) is 1. The molecule has 0 radical (unpaired) electrons. The molecule has 0 spiro atoms. The number of amides is 1. The van der Waals surface area contributed by atoms with E-state index in [2.05, 4.69) is 20.3 Å². The summed E-state index contributed by atoms with van der Waals surface area (Å²) in [6, 6.07) is 2.06. The minimum atomic E-state index is -4.79. The third-order valence-electron chi connectivity index (χ3n) is 6.27. The van der Waals surface area contributed by atoms with Crippen molar-refractivity contribution in [3.05, 3.63) is 71.8 Å². The first-order valence-corrected chi connectivity index (χ1v) is 13.0. The maximum absolute atomic E-state index is 14.6. The Kier molecular flexibility index (Phi) is 8.12. The average Bonchev–Trinajstić information content (AvgIpc) is 3.21. The van der Waals surface area contributed by atoms with Crippen molar-refractivity contribution in [2.24, 2.45) is 0 Å². The van der Waals surface area contributed by atoms with E-state index in [0.29, 0.717) is 4.31 Å². The molecule has 1 aliphatic heterocycles. The molecule has 0 bridgehead atoms. The standard InChI is InChI=1S/C24H20F7N5O3S/c1-12-18(26)7-19(36(12)40(38,39)17-4-2-16(25)3-5-17)22(37)33-9-14-6-13(8-32-20(14)21(27)28)15-10-34-23(35-11-15)24(29,30)31/h2-6,8,10-12,18-19,21H,7,9H2,1H3,(H,33,37). The molecule has 3 atom stereocenters. The van der Waals surface area contributed by atoms with E-state index in [1.807, 2.05) is 0 Å². The molecule has 16 heteroatoms. The molecule has 1 aliphatic rings. The summed E-state index contributed by atoms with van der Waals surface area (Å²) in [5.74, 6) is -3.10. The van der Waals surface area contributed by atoms with Gasteiger partial charge in [-0.15, -0.1) is 0 Å². The SMILES string of the molecule is CC1C(F)CC(C(=O)NCc2cc(-c3cnc(C(F)(F)F)nc3)cnc2C(F)F)N1S(=O)(=O)c1ccc(F)cc1. The highest BCUT2D eigenvalue weighted by Crippen LogP contribution is 2.34. The molecule has 1 saturated heterocycles. The van der Waals surface area contributed by atoms with Crippen LogP contribution in [0.1, 0.15) is 36.9 Å². The second-order valence-electron chi connectivity index (χ2n) is 8.88. The maximum Gasteiger partial charge on any atom is 0.451 e. The van der Waals surface area contributed by atoms with Crippen molar-refractivity contribution in [1.82, 2.24) is 24.6 Å². The summed E-state index contributed by atoms with van der Waals surface area (Å²) < 4.78 is 120. The molecule has 1 aromatic carbocycles. The van der Waals surface area contributed by atoms with E-state index in [4.69, 9.17) is 0 Å². The van der Waals surface area contributed by atoms with Crippen molar-refractivity contribution in [3.63, 3.8) is 0 Å². The summed E-state index contributed by atoms with van der Waals surface area (Å²) in [5.41, 5.74) is -0.871. The van der Waals surface area contributed by atoms with Crippen LogP contribution in [0, 0.1) is 5.82 Å². The van der Waals surface area contributed by atoms with E-state index in [-0.39, 0.29) is 21.6 Å². The number of sulfonamides is 1. The van der Waals surface area contributed by atoms with Crippen LogP contribution in [-0.2, 0) is 27.5 Å². The molecule has 0 aliphatic carbocycles. The van der Waals surface area contributed by atoms with Gasteiger partial charge in [0.1, 0.15) is 23.7 Å². The van der Waals surface area contributed by atoms with E-state index in [1.54, 1.807) is 0 Å². The number of hydrogen-bond donors (Lipinski definition) is 1. The lowest BCUT2D eigenvalue weighted by Crippen LogP contribution is -2.48. The molecule has 3 heterocycles. The topological polar surface area (TPSA) is 105 Å². The molecule has 8 nitrogen and oxygen atoms in total. The molecule has 0 saturated carbocycles. The van der Waals surface area contributed by atoms with Gasteiger partial charge in [-0.05, 0) is 42.8 Å². The normalized spacial score (nSPS) is 20.2. The summed E-state index contributed by atoms with van der Waals surface area (Å²) in [6.45, 7) is 0.667. The Hall–Kier alpha value is -3.66. The lowest BCUT2D eigenvalue weighted by Gasteiger charge is -2.27. The van der Waals surface area contributed by atoms with E-state index in [1.165, 1.54) is 6.92 Å². The van der Waals surface area contributed by atoms with Crippen LogP contribution in [-0.4, -0.2) is 51.8 Å². The van der Waals surface area contributed by atoms with Crippen molar-refractivity contribution < 1.29 is 43.9 Å². The number of pyridine rings is 1. The fourth-order valence-electron chi connectivity index (χ4n) is 4.24. The summed E-state index contributed by atoms with van der Waals surface area (Å²) >= 11 is 0. The first kappa shape index (κ1) is 29.3. The minimum Gasteiger partial charge on any atom is -0.351 e. The zero-order valence-corrected chi connectivity index (χ0v) is 21.2. The first-order valence-electron chi connectivity index (χ1n) is 11.6. The van der Waals surface area contributed by atoms with Gasteiger partial charge < -0.3 is 5.32 Å². The average molecular weight is 592 g/mol. The third-order valence-corrected chi connectivity index (χ3v) is 8.28. The molecule has 2 aromatic heterocycles. The van der Waals surface area contributed by atoms with Gasteiger partial charge in [-0.25, -0.2) is 35.9 Å². The van der Waals surface area contributed by atoms with Crippen LogP contribution in [0.5, 0.6) is 0 Å². The van der Waals surface area contributed by atoms with Crippen LogP contribution in [0.25, 0.3) is 11.1 Å². The Bertz CT molecular complexity index is 1490. The van der Waals surface area contributed by atoms with Gasteiger partial charge in [0.2, 0.25) is 21.8 Å². The molecular formula is C24H20F7N5O3S. The Morgan fingerprint density at radius 2 is 1.68 bits per heavy atom. The third kappa shape index (κ3) is 5.91. The van der Waals surface area contributed by atoms with Gasteiger partial charge in [0.05, 0.1) is 10.9 Å². The van der Waals surface area contributed by atoms with Gasteiger partial charge in [-0.1, -0.05) is 0 Å². The van der Waals surface area contributed by atoms with E-state index < -0.39 is 77.1 Å². The number of aromatic nitrogens is 3. The Balaban J connectivity index is 1.58. The van der Waals surface area contributed by atoms with Crippen LogP contribution >= 0.6 is 0 Å². The summed E-state index contributed by atoms with van der Waals surface area (Å²) in [7, 11) is -4.45. The largest absolute Gasteiger partial charge is 0.451 e. The van der Waals surface area contributed by atoms with Crippen molar-refractivity contribution in [2.45, 2.75) is 55.6 Å². The van der Waals surface area contributed by atoms with Crippen LogP contribution in [0.15, 0.2) is 53.8 Å². The number of hydrogen-bond acceptors (Lipinski definition) is 6. The monoisotopic (exact) mass is 591 g/mol. The highest BCUT2D eigenvalue weighted by atomic mass is 32.2. The number of carbonyl (C=O) groups is 1. The molecule has 1 fully saturated rings. The summed E-state index contributed by atoms with van der Waals surface area (Å²) in [5, 5.41) is 2.32. The zero-order chi connectivity index (χ0) is 29.4. The van der Waals surface area contributed by atoms with Gasteiger partial charge in [0.25, 0.3) is 6.43 Å². The van der Waals surface area contributed by atoms with E-state index in [0.717, 1.165) is 48.9 Å². The second-order valence-corrected chi connectivity index (χ2v) is 10.7. The van der Waals surface area contributed by atoms with Gasteiger partial charge in [0, 0.05) is 42.7 Å². The Morgan fingerprint density at radius 1 is 1.07 bits per heavy atom. The number of nitrogens with zero attached hydrogens (tertiary/aromatic N) is 4. The van der Waals surface area contributed by atoms with Crippen LogP contribution in [0.4, 0.5) is 30.7 Å².